The number of aryl methyl sites for hydroxylation is 2. The van der Waals surface area contributed by atoms with Gasteiger partial charge in [-0.25, -0.2) is 4.39 Å². The van der Waals surface area contributed by atoms with Crippen LogP contribution in [0.1, 0.15) is 36.7 Å². The number of hydrogen-bond acceptors (Lipinski definition) is 4. The molecule has 0 radical (unpaired) electrons. The number of piperidine rings is 1. The maximum atomic E-state index is 14.3. The van der Waals surface area contributed by atoms with E-state index in [2.05, 4.69) is 5.10 Å². The SMILES string of the molecule is CCOC(=O)[C@]1(Cc2ccccc2F)CCCN(C(=O)Cn2nc(C)cc2C)C1. The fourth-order valence-corrected chi connectivity index (χ4v) is 4.08. The van der Waals surface area contributed by atoms with Crippen molar-refractivity contribution < 1.29 is 18.7 Å². The highest BCUT2D eigenvalue weighted by Crippen LogP contribution is 2.36. The van der Waals surface area contributed by atoms with Crippen molar-refractivity contribution in [1.29, 1.82) is 0 Å². The molecule has 2 aromatic rings. The van der Waals surface area contributed by atoms with Gasteiger partial charge < -0.3 is 9.64 Å². The summed E-state index contributed by atoms with van der Waals surface area (Å²) in [5.74, 6) is -0.813. The molecule has 6 nitrogen and oxygen atoms in total. The summed E-state index contributed by atoms with van der Waals surface area (Å²) in [4.78, 5) is 27.6. The number of carbonyl (C=O) groups is 2. The molecule has 0 bridgehead atoms. The molecule has 1 aromatic heterocycles. The van der Waals surface area contributed by atoms with Gasteiger partial charge in [0, 0.05) is 18.8 Å². The lowest BCUT2D eigenvalue weighted by atomic mass is 9.75. The third-order valence-electron chi connectivity index (χ3n) is 5.51. The minimum absolute atomic E-state index is 0.0990. The monoisotopic (exact) mass is 401 g/mol. The van der Waals surface area contributed by atoms with E-state index in [0.717, 1.165) is 11.4 Å². The van der Waals surface area contributed by atoms with Crippen molar-refractivity contribution >= 4 is 11.9 Å². The van der Waals surface area contributed by atoms with Crippen molar-refractivity contribution in [2.75, 3.05) is 19.7 Å². The van der Waals surface area contributed by atoms with Gasteiger partial charge in [0.2, 0.25) is 5.91 Å². The molecule has 29 heavy (non-hydrogen) atoms. The highest BCUT2D eigenvalue weighted by molar-refractivity contribution is 5.81. The van der Waals surface area contributed by atoms with Gasteiger partial charge in [0.25, 0.3) is 0 Å². The molecule has 7 heteroatoms. The van der Waals surface area contributed by atoms with Crippen molar-refractivity contribution in [1.82, 2.24) is 14.7 Å². The van der Waals surface area contributed by atoms with Crippen LogP contribution in [0.4, 0.5) is 4.39 Å². The molecule has 1 aromatic carbocycles. The molecule has 0 aliphatic carbocycles. The second-order valence-corrected chi connectivity index (χ2v) is 7.77. The molecule has 0 N–H and O–H groups in total. The molecule has 1 atom stereocenters. The number of amides is 1. The Morgan fingerprint density at radius 1 is 1.28 bits per heavy atom. The number of carbonyl (C=O) groups excluding carboxylic acids is 2. The van der Waals surface area contributed by atoms with Gasteiger partial charge in [-0.2, -0.15) is 5.10 Å². The highest BCUT2D eigenvalue weighted by Gasteiger charge is 2.45. The first-order valence-corrected chi connectivity index (χ1v) is 10.0. The normalized spacial score (nSPS) is 19.2. The summed E-state index contributed by atoms with van der Waals surface area (Å²) in [6.45, 7) is 6.70. The smallest absolute Gasteiger partial charge is 0.314 e. The van der Waals surface area contributed by atoms with Gasteiger partial charge in [-0.3, -0.25) is 14.3 Å². The van der Waals surface area contributed by atoms with Crippen molar-refractivity contribution in [2.24, 2.45) is 5.41 Å². The van der Waals surface area contributed by atoms with E-state index < -0.39 is 5.41 Å². The molecule has 2 heterocycles. The lowest BCUT2D eigenvalue weighted by Crippen LogP contribution is -2.52. The van der Waals surface area contributed by atoms with Crippen molar-refractivity contribution in [3.63, 3.8) is 0 Å². The lowest BCUT2D eigenvalue weighted by molar-refractivity contribution is -0.161. The topological polar surface area (TPSA) is 64.4 Å². The Balaban J connectivity index is 1.83. The van der Waals surface area contributed by atoms with E-state index in [1.165, 1.54) is 6.07 Å². The van der Waals surface area contributed by atoms with E-state index in [9.17, 15) is 14.0 Å². The van der Waals surface area contributed by atoms with E-state index in [-0.39, 0.29) is 43.8 Å². The Kier molecular flexibility index (Phi) is 6.35. The Morgan fingerprint density at radius 3 is 2.69 bits per heavy atom. The van der Waals surface area contributed by atoms with Gasteiger partial charge in [-0.1, -0.05) is 18.2 Å². The van der Waals surface area contributed by atoms with Crippen LogP contribution in [0.15, 0.2) is 30.3 Å². The van der Waals surface area contributed by atoms with Gasteiger partial charge in [0.15, 0.2) is 0 Å². The zero-order valence-corrected chi connectivity index (χ0v) is 17.3. The van der Waals surface area contributed by atoms with Crippen LogP contribution in [0.3, 0.4) is 0 Å². The summed E-state index contributed by atoms with van der Waals surface area (Å²) in [5, 5.41) is 4.35. The number of rotatable bonds is 6. The minimum Gasteiger partial charge on any atom is -0.466 e. The Labute approximate surface area is 170 Å². The average molecular weight is 401 g/mol. The van der Waals surface area contributed by atoms with Gasteiger partial charge >= 0.3 is 5.97 Å². The Bertz CT molecular complexity index is 895. The summed E-state index contributed by atoms with van der Waals surface area (Å²) in [6, 6.07) is 8.38. The van der Waals surface area contributed by atoms with Crippen molar-refractivity contribution in [2.45, 2.75) is 46.6 Å². The van der Waals surface area contributed by atoms with Gasteiger partial charge in [0.05, 0.1) is 17.7 Å². The van der Waals surface area contributed by atoms with E-state index in [1.54, 1.807) is 34.7 Å². The lowest BCUT2D eigenvalue weighted by Gasteiger charge is -2.41. The first-order valence-electron chi connectivity index (χ1n) is 10.0. The molecule has 0 unspecified atom stereocenters. The zero-order valence-electron chi connectivity index (χ0n) is 17.3. The van der Waals surface area contributed by atoms with Gasteiger partial charge in [-0.05, 0) is 57.7 Å². The maximum absolute atomic E-state index is 14.3. The zero-order chi connectivity index (χ0) is 21.0. The second kappa shape index (κ2) is 8.76. The molecule has 1 aliphatic heterocycles. The fraction of sp³-hybridized carbons (Fsp3) is 0.500. The quantitative estimate of drug-likeness (QED) is 0.698. The van der Waals surface area contributed by atoms with Crippen LogP contribution in [0, 0.1) is 25.1 Å². The molecule has 0 saturated carbocycles. The third kappa shape index (κ3) is 4.66. The molecule has 3 rings (SSSR count). The van der Waals surface area contributed by atoms with Crippen LogP contribution < -0.4 is 0 Å². The standard InChI is InChI=1S/C22H28FN3O3/c1-4-29-21(28)22(13-18-8-5-6-9-19(18)23)10-7-11-25(15-22)20(27)14-26-17(3)12-16(2)24-26/h5-6,8-9,12H,4,7,10-11,13-15H2,1-3H3/t22-/m0/s1. The molecule has 1 saturated heterocycles. The van der Waals surface area contributed by atoms with Crippen molar-refractivity contribution in [3.8, 4) is 0 Å². The van der Waals surface area contributed by atoms with E-state index >= 15 is 0 Å². The number of aromatic nitrogens is 2. The van der Waals surface area contributed by atoms with Crippen LogP contribution in [0.2, 0.25) is 0 Å². The number of ether oxygens (including phenoxy) is 1. The number of benzene rings is 1. The first kappa shape index (κ1) is 21.0. The molecule has 0 spiro atoms. The highest BCUT2D eigenvalue weighted by atomic mass is 19.1. The summed E-state index contributed by atoms with van der Waals surface area (Å²) in [7, 11) is 0. The maximum Gasteiger partial charge on any atom is 0.314 e. The number of esters is 1. The van der Waals surface area contributed by atoms with E-state index in [1.807, 2.05) is 19.9 Å². The molecule has 156 valence electrons. The average Bonchev–Trinajstić information content (AvgIpc) is 3.01. The Morgan fingerprint density at radius 2 is 2.03 bits per heavy atom. The summed E-state index contributed by atoms with van der Waals surface area (Å²) in [5.41, 5.74) is 1.29. The predicted molar refractivity (Wildman–Crippen MR) is 107 cm³/mol. The third-order valence-corrected chi connectivity index (χ3v) is 5.51. The van der Waals surface area contributed by atoms with Crippen molar-refractivity contribution in [3.05, 3.63) is 53.1 Å². The molecule has 1 fully saturated rings. The van der Waals surface area contributed by atoms with Crippen LogP contribution in [0.5, 0.6) is 0 Å². The second-order valence-electron chi connectivity index (χ2n) is 7.77. The number of likely N-dealkylation sites (tertiary alicyclic amines) is 1. The molecular formula is C22H28FN3O3. The fourth-order valence-electron chi connectivity index (χ4n) is 4.08. The molecule has 1 aliphatic rings. The van der Waals surface area contributed by atoms with Crippen LogP contribution in [-0.2, 0) is 27.3 Å². The van der Waals surface area contributed by atoms with E-state index in [0.29, 0.717) is 24.9 Å². The number of nitrogens with zero attached hydrogens (tertiary/aromatic N) is 3. The molecule has 1 amide bonds. The summed E-state index contributed by atoms with van der Waals surface area (Å²) in [6.07, 6.45) is 1.43. The Hall–Kier alpha value is -2.70. The van der Waals surface area contributed by atoms with Crippen LogP contribution in [-0.4, -0.2) is 46.3 Å². The first-order chi connectivity index (χ1) is 13.8. The molecular weight excluding hydrogens is 373 g/mol. The predicted octanol–water partition coefficient (Wildman–Crippen LogP) is 3.05. The van der Waals surface area contributed by atoms with E-state index in [4.69, 9.17) is 4.74 Å². The van der Waals surface area contributed by atoms with Gasteiger partial charge in [-0.15, -0.1) is 0 Å². The van der Waals surface area contributed by atoms with Gasteiger partial charge in [0.1, 0.15) is 12.4 Å². The van der Waals surface area contributed by atoms with Crippen LogP contribution in [0.25, 0.3) is 0 Å². The number of halogens is 1. The number of hydrogen-bond donors (Lipinski definition) is 0. The minimum atomic E-state index is -0.943. The largest absolute Gasteiger partial charge is 0.466 e. The van der Waals surface area contributed by atoms with Crippen LogP contribution >= 0.6 is 0 Å². The summed E-state index contributed by atoms with van der Waals surface area (Å²) < 4.78 is 21.3. The summed E-state index contributed by atoms with van der Waals surface area (Å²) >= 11 is 0.